The van der Waals surface area contributed by atoms with Crippen molar-refractivity contribution in [3.05, 3.63) is 5.89 Å². The fourth-order valence-corrected chi connectivity index (χ4v) is 2.61. The third-order valence-electron chi connectivity index (χ3n) is 3.95. The number of aromatic nitrogens is 2. The number of hydrogen-bond donors (Lipinski definition) is 1. The molecule has 0 aromatic carbocycles. The van der Waals surface area contributed by atoms with Crippen LogP contribution in [0.3, 0.4) is 0 Å². The van der Waals surface area contributed by atoms with E-state index in [0.717, 1.165) is 44.3 Å². The average molecular weight is 280 g/mol. The van der Waals surface area contributed by atoms with E-state index in [-0.39, 0.29) is 0 Å². The highest BCUT2D eigenvalue weighted by atomic mass is 16.5. The summed E-state index contributed by atoms with van der Waals surface area (Å²) < 4.78 is 5.44. The lowest BCUT2D eigenvalue weighted by Gasteiger charge is -2.24. The maximum Gasteiger partial charge on any atom is 0.266 e. The van der Waals surface area contributed by atoms with Crippen molar-refractivity contribution < 1.29 is 4.52 Å². The van der Waals surface area contributed by atoms with E-state index in [1.54, 1.807) is 0 Å². The highest BCUT2D eigenvalue weighted by Gasteiger charge is 2.20. The van der Waals surface area contributed by atoms with Crippen LogP contribution < -0.4 is 10.2 Å². The third-order valence-corrected chi connectivity index (χ3v) is 3.95. The van der Waals surface area contributed by atoms with Crippen molar-refractivity contribution in [2.45, 2.75) is 58.9 Å². The van der Waals surface area contributed by atoms with Gasteiger partial charge in [0.2, 0.25) is 5.89 Å². The number of hydrogen-bond acceptors (Lipinski definition) is 5. The molecule has 2 heterocycles. The molecule has 5 nitrogen and oxygen atoms in total. The molecule has 5 heteroatoms. The van der Waals surface area contributed by atoms with Crippen LogP contribution in [0.15, 0.2) is 4.52 Å². The summed E-state index contributed by atoms with van der Waals surface area (Å²) >= 11 is 0. The van der Waals surface area contributed by atoms with Gasteiger partial charge >= 0.3 is 0 Å². The van der Waals surface area contributed by atoms with E-state index in [1.807, 2.05) is 0 Å². The number of nitrogens with one attached hydrogen (secondary N) is 1. The molecule has 1 aliphatic heterocycles. The predicted molar refractivity (Wildman–Crippen MR) is 81.0 cm³/mol. The van der Waals surface area contributed by atoms with E-state index in [1.165, 1.54) is 19.3 Å². The molecule has 0 spiro atoms. The first-order valence-corrected chi connectivity index (χ1v) is 8.01. The van der Waals surface area contributed by atoms with Gasteiger partial charge in [-0.25, -0.2) is 0 Å². The fraction of sp³-hybridized carbons (Fsp3) is 0.867. The van der Waals surface area contributed by atoms with E-state index in [2.05, 4.69) is 41.1 Å². The Morgan fingerprint density at radius 2 is 2.00 bits per heavy atom. The molecule has 0 amide bonds. The van der Waals surface area contributed by atoms with E-state index in [0.29, 0.717) is 12.0 Å². The topological polar surface area (TPSA) is 54.2 Å². The Labute approximate surface area is 122 Å². The number of rotatable bonds is 7. The van der Waals surface area contributed by atoms with Crippen LogP contribution in [0.2, 0.25) is 0 Å². The van der Waals surface area contributed by atoms with Crippen molar-refractivity contribution in [2.75, 3.05) is 24.5 Å². The minimum Gasteiger partial charge on any atom is -0.338 e. The smallest absolute Gasteiger partial charge is 0.266 e. The van der Waals surface area contributed by atoms with Gasteiger partial charge in [-0.1, -0.05) is 20.8 Å². The first kappa shape index (κ1) is 15.3. The standard InChI is InChI=1S/C15H28N4O/c1-4-8-16-13(12(2)3)11-14-17-15(18-20-14)19-9-6-5-7-10-19/h12-13,16H,4-11H2,1-3H3. The van der Waals surface area contributed by atoms with Crippen LogP contribution in [0.1, 0.15) is 52.3 Å². The van der Waals surface area contributed by atoms with Crippen LogP contribution in [0.4, 0.5) is 5.95 Å². The van der Waals surface area contributed by atoms with Gasteiger partial charge in [0, 0.05) is 25.6 Å². The first-order chi connectivity index (χ1) is 9.70. The van der Waals surface area contributed by atoms with E-state index >= 15 is 0 Å². The second-order valence-corrected chi connectivity index (χ2v) is 6.04. The van der Waals surface area contributed by atoms with Crippen LogP contribution >= 0.6 is 0 Å². The van der Waals surface area contributed by atoms with Gasteiger partial charge in [-0.2, -0.15) is 4.98 Å². The minimum atomic E-state index is 0.407. The number of piperidine rings is 1. The summed E-state index contributed by atoms with van der Waals surface area (Å²) in [6.45, 7) is 9.80. The molecule has 1 fully saturated rings. The molecule has 0 aliphatic carbocycles. The second-order valence-electron chi connectivity index (χ2n) is 6.04. The molecule has 1 N–H and O–H groups in total. The van der Waals surface area contributed by atoms with Gasteiger partial charge in [0.1, 0.15) is 0 Å². The molecule has 1 aromatic rings. The summed E-state index contributed by atoms with van der Waals surface area (Å²) in [7, 11) is 0. The quantitative estimate of drug-likeness (QED) is 0.832. The molecular formula is C15H28N4O. The fourth-order valence-electron chi connectivity index (χ4n) is 2.61. The Kier molecular flexibility index (Phi) is 5.83. The molecule has 2 rings (SSSR count). The van der Waals surface area contributed by atoms with Gasteiger partial charge in [-0.05, 0) is 43.3 Å². The average Bonchev–Trinajstić information content (AvgIpc) is 2.92. The van der Waals surface area contributed by atoms with Crippen LogP contribution in [-0.2, 0) is 6.42 Å². The summed E-state index contributed by atoms with van der Waals surface area (Å²) in [5.41, 5.74) is 0. The van der Waals surface area contributed by atoms with E-state index in [9.17, 15) is 0 Å². The Morgan fingerprint density at radius 3 is 2.65 bits per heavy atom. The van der Waals surface area contributed by atoms with Crippen molar-refractivity contribution in [1.82, 2.24) is 15.5 Å². The summed E-state index contributed by atoms with van der Waals surface area (Å²) in [6.07, 6.45) is 5.75. The summed E-state index contributed by atoms with van der Waals surface area (Å²) in [4.78, 5) is 6.81. The SMILES string of the molecule is CCCNC(Cc1nc(N2CCCCC2)no1)C(C)C. The van der Waals surface area contributed by atoms with Gasteiger partial charge in [-0.15, -0.1) is 0 Å². The monoisotopic (exact) mass is 280 g/mol. The van der Waals surface area contributed by atoms with Crippen LogP contribution in [-0.4, -0.2) is 35.8 Å². The molecule has 0 bridgehead atoms. The zero-order valence-corrected chi connectivity index (χ0v) is 13.1. The molecular weight excluding hydrogens is 252 g/mol. The van der Waals surface area contributed by atoms with E-state index < -0.39 is 0 Å². The molecule has 1 aliphatic rings. The zero-order chi connectivity index (χ0) is 14.4. The molecule has 20 heavy (non-hydrogen) atoms. The molecule has 1 saturated heterocycles. The Balaban J connectivity index is 1.93. The van der Waals surface area contributed by atoms with Crippen LogP contribution in [0, 0.1) is 5.92 Å². The van der Waals surface area contributed by atoms with Crippen LogP contribution in [0.5, 0.6) is 0 Å². The normalized spacial score (nSPS) is 17.7. The minimum absolute atomic E-state index is 0.407. The molecule has 1 unspecified atom stereocenters. The largest absolute Gasteiger partial charge is 0.338 e. The molecule has 1 atom stereocenters. The van der Waals surface area contributed by atoms with Crippen molar-refractivity contribution in [1.29, 1.82) is 0 Å². The second kappa shape index (κ2) is 7.62. The van der Waals surface area contributed by atoms with Gasteiger partial charge < -0.3 is 14.7 Å². The van der Waals surface area contributed by atoms with Crippen molar-refractivity contribution in [2.24, 2.45) is 5.92 Å². The van der Waals surface area contributed by atoms with Gasteiger partial charge in [0.15, 0.2) is 0 Å². The highest BCUT2D eigenvalue weighted by Crippen LogP contribution is 2.17. The highest BCUT2D eigenvalue weighted by molar-refractivity contribution is 5.28. The lowest BCUT2D eigenvalue weighted by Crippen LogP contribution is -2.36. The predicted octanol–water partition coefficient (Wildman–Crippen LogP) is 2.63. The summed E-state index contributed by atoms with van der Waals surface area (Å²) in [6, 6.07) is 0.407. The number of anilines is 1. The Bertz CT molecular complexity index is 385. The molecule has 1 aromatic heterocycles. The summed E-state index contributed by atoms with van der Waals surface area (Å²) in [5.74, 6) is 2.09. The van der Waals surface area contributed by atoms with E-state index in [4.69, 9.17) is 4.52 Å². The Morgan fingerprint density at radius 1 is 1.25 bits per heavy atom. The van der Waals surface area contributed by atoms with Crippen molar-refractivity contribution >= 4 is 5.95 Å². The first-order valence-electron chi connectivity index (χ1n) is 8.01. The van der Waals surface area contributed by atoms with Gasteiger partial charge in [0.05, 0.1) is 0 Å². The van der Waals surface area contributed by atoms with Crippen molar-refractivity contribution in [3.8, 4) is 0 Å². The zero-order valence-electron chi connectivity index (χ0n) is 13.1. The van der Waals surface area contributed by atoms with Crippen molar-refractivity contribution in [3.63, 3.8) is 0 Å². The maximum absolute atomic E-state index is 5.44. The third kappa shape index (κ3) is 4.20. The Hall–Kier alpha value is -1.10. The maximum atomic E-state index is 5.44. The lowest BCUT2D eigenvalue weighted by atomic mass is 10.0. The number of nitrogens with zero attached hydrogens (tertiary/aromatic N) is 3. The molecule has 0 saturated carbocycles. The summed E-state index contributed by atoms with van der Waals surface area (Å²) in [5, 5.41) is 7.71. The van der Waals surface area contributed by atoms with Gasteiger partial charge in [0.25, 0.3) is 5.95 Å². The lowest BCUT2D eigenvalue weighted by molar-refractivity contribution is 0.326. The molecule has 114 valence electrons. The van der Waals surface area contributed by atoms with Crippen LogP contribution in [0.25, 0.3) is 0 Å². The van der Waals surface area contributed by atoms with Gasteiger partial charge in [-0.3, -0.25) is 0 Å². The molecule has 0 radical (unpaired) electrons.